The van der Waals surface area contributed by atoms with Crippen molar-refractivity contribution in [3.8, 4) is 0 Å². The van der Waals surface area contributed by atoms with Gasteiger partial charge in [-0.05, 0) is 45.1 Å². The number of nitrogens with zero attached hydrogens (tertiary/aromatic N) is 1. The zero-order valence-corrected chi connectivity index (χ0v) is 17.5. The first-order valence-corrected chi connectivity index (χ1v) is 11.1. The number of amides is 1. The van der Waals surface area contributed by atoms with Gasteiger partial charge in [-0.25, -0.2) is 4.98 Å². The predicted molar refractivity (Wildman–Crippen MR) is 110 cm³/mol. The molecule has 1 aliphatic rings. The maximum absolute atomic E-state index is 12.4. The first-order valence-electron chi connectivity index (χ1n) is 9.26. The van der Waals surface area contributed by atoms with E-state index in [1.54, 1.807) is 11.3 Å². The summed E-state index contributed by atoms with van der Waals surface area (Å²) >= 11 is 3.07. The number of carbonyl (C=O) groups excluding carboxylic acids is 1. The molecule has 2 N–H and O–H groups in total. The number of H-pyrrole nitrogens is 1. The van der Waals surface area contributed by atoms with Gasteiger partial charge in [-0.3, -0.25) is 9.59 Å². The average Bonchev–Trinajstić information content (AvgIpc) is 2.87. The number of rotatable bonds is 5. The van der Waals surface area contributed by atoms with E-state index >= 15 is 0 Å². The Bertz CT molecular complexity index is 858. The van der Waals surface area contributed by atoms with Crippen molar-refractivity contribution < 1.29 is 4.79 Å². The molecule has 1 fully saturated rings. The quantitative estimate of drug-likeness (QED) is 0.807. The van der Waals surface area contributed by atoms with Crippen molar-refractivity contribution >= 4 is 39.2 Å². The van der Waals surface area contributed by atoms with Crippen LogP contribution in [0.5, 0.6) is 0 Å². The molecule has 1 aliphatic carbocycles. The molecule has 2 heterocycles. The highest BCUT2D eigenvalue weighted by Crippen LogP contribution is 2.27. The van der Waals surface area contributed by atoms with Crippen molar-refractivity contribution in [1.82, 2.24) is 15.3 Å². The van der Waals surface area contributed by atoms with E-state index < -0.39 is 0 Å². The molecule has 26 heavy (non-hydrogen) atoms. The number of nitrogens with one attached hydrogen (secondary N) is 2. The second kappa shape index (κ2) is 8.13. The Morgan fingerprint density at radius 2 is 2.19 bits per heavy atom. The summed E-state index contributed by atoms with van der Waals surface area (Å²) in [4.78, 5) is 34.1. The molecule has 3 atom stereocenters. The number of aromatic amines is 1. The van der Waals surface area contributed by atoms with Gasteiger partial charge in [0.05, 0.1) is 16.4 Å². The van der Waals surface area contributed by atoms with Gasteiger partial charge in [0.1, 0.15) is 10.7 Å². The lowest BCUT2D eigenvalue weighted by atomic mass is 9.87. The van der Waals surface area contributed by atoms with Crippen LogP contribution in [0.25, 0.3) is 10.2 Å². The lowest BCUT2D eigenvalue weighted by molar-refractivity contribution is -0.121. The molecule has 0 aliphatic heterocycles. The third-order valence-electron chi connectivity index (χ3n) is 5.21. The van der Waals surface area contributed by atoms with E-state index in [1.165, 1.54) is 24.6 Å². The molecule has 2 aromatic heterocycles. The summed E-state index contributed by atoms with van der Waals surface area (Å²) in [7, 11) is 0. The number of thiophene rings is 1. The topological polar surface area (TPSA) is 74.8 Å². The van der Waals surface area contributed by atoms with E-state index in [0.717, 1.165) is 28.1 Å². The molecule has 0 saturated heterocycles. The van der Waals surface area contributed by atoms with E-state index in [1.807, 2.05) is 20.8 Å². The SMILES string of the molecule is Cc1sc2nc(CSC(C)C(=O)NC3CCCC(C)C3)[nH]c(=O)c2c1C. The van der Waals surface area contributed by atoms with Crippen LogP contribution in [0.15, 0.2) is 4.79 Å². The van der Waals surface area contributed by atoms with Crippen molar-refractivity contribution in [1.29, 1.82) is 0 Å². The van der Waals surface area contributed by atoms with Crippen LogP contribution in [0.2, 0.25) is 0 Å². The van der Waals surface area contributed by atoms with Crippen LogP contribution in [-0.2, 0) is 10.5 Å². The van der Waals surface area contributed by atoms with Crippen LogP contribution in [0.4, 0.5) is 0 Å². The molecule has 0 radical (unpaired) electrons. The minimum atomic E-state index is -0.167. The molecule has 0 bridgehead atoms. The van der Waals surface area contributed by atoms with Crippen LogP contribution < -0.4 is 10.9 Å². The van der Waals surface area contributed by atoms with Gasteiger partial charge in [0.15, 0.2) is 0 Å². The highest BCUT2D eigenvalue weighted by Gasteiger charge is 2.23. The smallest absolute Gasteiger partial charge is 0.259 e. The molecular weight excluding hydrogens is 366 g/mol. The third kappa shape index (κ3) is 4.31. The zero-order chi connectivity index (χ0) is 18.8. The van der Waals surface area contributed by atoms with Crippen molar-refractivity contribution in [3.63, 3.8) is 0 Å². The summed E-state index contributed by atoms with van der Waals surface area (Å²) < 4.78 is 0. The standard InChI is InChI=1S/C19H27N3O2S2/c1-10-6-5-7-14(8-10)20-17(23)13(4)25-9-15-21-18(24)16-11(2)12(3)26-19(16)22-15/h10,13-14H,5-9H2,1-4H3,(H,20,23)(H,21,22,24). The fraction of sp³-hybridized carbons (Fsp3) is 0.632. The van der Waals surface area contributed by atoms with Crippen molar-refractivity contribution in [3.05, 3.63) is 26.6 Å². The molecule has 7 heteroatoms. The van der Waals surface area contributed by atoms with E-state index in [-0.39, 0.29) is 16.7 Å². The van der Waals surface area contributed by atoms with Crippen LogP contribution in [0.3, 0.4) is 0 Å². The first-order chi connectivity index (χ1) is 12.3. The van der Waals surface area contributed by atoms with E-state index in [2.05, 4.69) is 22.2 Å². The number of hydrogen-bond donors (Lipinski definition) is 2. The average molecular weight is 394 g/mol. The number of carbonyl (C=O) groups is 1. The number of thioether (sulfide) groups is 1. The lowest BCUT2D eigenvalue weighted by Crippen LogP contribution is -2.41. The molecular formula is C19H27N3O2S2. The molecule has 3 rings (SSSR count). The van der Waals surface area contributed by atoms with Crippen molar-refractivity contribution in [2.75, 3.05) is 0 Å². The summed E-state index contributed by atoms with van der Waals surface area (Å²) in [6.45, 7) is 8.14. The Balaban J connectivity index is 1.60. The maximum atomic E-state index is 12.4. The van der Waals surface area contributed by atoms with Crippen molar-refractivity contribution in [2.24, 2.45) is 5.92 Å². The molecule has 1 amide bonds. The normalized spacial score (nSPS) is 21.7. The van der Waals surface area contributed by atoms with Gasteiger partial charge in [-0.15, -0.1) is 23.1 Å². The number of fused-ring (bicyclic) bond motifs is 1. The number of aryl methyl sites for hydroxylation is 2. The summed E-state index contributed by atoms with van der Waals surface area (Å²) in [6, 6.07) is 0.306. The van der Waals surface area contributed by atoms with Crippen molar-refractivity contribution in [2.45, 2.75) is 70.4 Å². The molecule has 0 spiro atoms. The largest absolute Gasteiger partial charge is 0.352 e. The molecule has 142 valence electrons. The maximum Gasteiger partial charge on any atom is 0.259 e. The van der Waals surface area contributed by atoms with Crippen LogP contribution >= 0.6 is 23.1 Å². The monoisotopic (exact) mass is 393 g/mol. The van der Waals surface area contributed by atoms with Gasteiger partial charge in [0.2, 0.25) is 5.91 Å². The molecule has 5 nitrogen and oxygen atoms in total. The van der Waals surface area contributed by atoms with E-state index in [0.29, 0.717) is 28.9 Å². The van der Waals surface area contributed by atoms with Gasteiger partial charge in [0, 0.05) is 10.9 Å². The Morgan fingerprint density at radius 3 is 2.92 bits per heavy atom. The summed E-state index contributed by atoms with van der Waals surface area (Å²) in [6.07, 6.45) is 4.61. The Morgan fingerprint density at radius 1 is 1.42 bits per heavy atom. The van der Waals surface area contributed by atoms with Gasteiger partial charge in [0.25, 0.3) is 5.56 Å². The Labute approximate surface area is 162 Å². The van der Waals surface area contributed by atoms with Crippen LogP contribution in [0.1, 0.15) is 55.8 Å². The van der Waals surface area contributed by atoms with Gasteiger partial charge >= 0.3 is 0 Å². The lowest BCUT2D eigenvalue weighted by Gasteiger charge is -2.28. The zero-order valence-electron chi connectivity index (χ0n) is 15.8. The van der Waals surface area contributed by atoms with E-state index in [4.69, 9.17) is 0 Å². The van der Waals surface area contributed by atoms with Gasteiger partial charge < -0.3 is 10.3 Å². The van der Waals surface area contributed by atoms with E-state index in [9.17, 15) is 9.59 Å². The van der Waals surface area contributed by atoms with Crippen LogP contribution in [-0.4, -0.2) is 27.2 Å². The number of aromatic nitrogens is 2. The predicted octanol–water partition coefficient (Wildman–Crippen LogP) is 3.92. The first kappa shape index (κ1) is 19.4. The second-order valence-electron chi connectivity index (χ2n) is 7.41. The Kier molecular flexibility index (Phi) is 6.07. The minimum absolute atomic E-state index is 0.0826. The molecule has 2 aromatic rings. The molecule has 3 unspecified atom stereocenters. The van der Waals surface area contributed by atoms with Gasteiger partial charge in [-0.2, -0.15) is 0 Å². The minimum Gasteiger partial charge on any atom is -0.352 e. The van der Waals surface area contributed by atoms with Gasteiger partial charge in [-0.1, -0.05) is 19.8 Å². The summed E-state index contributed by atoms with van der Waals surface area (Å²) in [5.74, 6) is 1.94. The molecule has 1 saturated carbocycles. The number of hydrogen-bond acceptors (Lipinski definition) is 5. The second-order valence-corrected chi connectivity index (χ2v) is 9.94. The fourth-order valence-electron chi connectivity index (χ4n) is 3.53. The third-order valence-corrected chi connectivity index (χ3v) is 7.47. The molecule has 0 aromatic carbocycles. The summed E-state index contributed by atoms with van der Waals surface area (Å²) in [5.41, 5.74) is 0.924. The van der Waals surface area contributed by atoms with Crippen LogP contribution in [0, 0.1) is 19.8 Å². The Hall–Kier alpha value is -1.34. The highest BCUT2D eigenvalue weighted by molar-refractivity contribution is 7.99. The summed E-state index contributed by atoms with van der Waals surface area (Å²) in [5, 5.41) is 3.71. The fourth-order valence-corrected chi connectivity index (χ4v) is 5.34. The highest BCUT2D eigenvalue weighted by atomic mass is 32.2.